The predicted octanol–water partition coefficient (Wildman–Crippen LogP) is 4.59. The lowest BCUT2D eigenvalue weighted by molar-refractivity contribution is 0.476. The summed E-state index contributed by atoms with van der Waals surface area (Å²) in [6.45, 7) is 4.16. The number of phenols is 1. The van der Waals surface area contributed by atoms with Crippen LogP contribution in [-0.4, -0.2) is 10.1 Å². The number of aromatic nitrogens is 1. The Bertz CT molecular complexity index is 552. The molecule has 0 saturated carbocycles. The normalized spacial score (nSPS) is 11.3. The van der Waals surface area contributed by atoms with Crippen molar-refractivity contribution in [1.29, 1.82) is 0 Å². The zero-order valence-electron chi connectivity index (χ0n) is 8.96. The van der Waals surface area contributed by atoms with Gasteiger partial charge in [-0.15, -0.1) is 0 Å². The molecule has 4 heteroatoms. The third-order valence-corrected chi connectivity index (χ3v) is 3.73. The number of fused-ring (bicyclic) bond motifs is 1. The number of hydrogen-bond donors (Lipinski definition) is 1. The lowest BCUT2D eigenvalue weighted by Crippen LogP contribution is -1.93. The van der Waals surface area contributed by atoms with Crippen LogP contribution in [-0.2, 0) is 0 Å². The van der Waals surface area contributed by atoms with Gasteiger partial charge in [-0.3, -0.25) is 0 Å². The second kappa shape index (κ2) is 4.34. The Labute approximate surface area is 111 Å². The molecule has 0 bridgehead atoms. The van der Waals surface area contributed by atoms with Crippen LogP contribution in [0.3, 0.4) is 0 Å². The minimum absolute atomic E-state index is 0.195. The summed E-state index contributed by atoms with van der Waals surface area (Å²) in [4.78, 5) is 4.49. The van der Waals surface area contributed by atoms with Crippen LogP contribution in [0.5, 0.6) is 5.75 Å². The van der Waals surface area contributed by atoms with E-state index in [4.69, 9.17) is 0 Å². The molecule has 2 nitrogen and oxygen atoms in total. The molecule has 0 radical (unpaired) electrons. The van der Waals surface area contributed by atoms with Crippen LogP contribution >= 0.6 is 31.9 Å². The van der Waals surface area contributed by atoms with Crippen LogP contribution in [0.2, 0.25) is 0 Å². The molecule has 0 amide bonds. The lowest BCUT2D eigenvalue weighted by Gasteiger charge is -2.09. The van der Waals surface area contributed by atoms with Crippen molar-refractivity contribution >= 4 is 42.8 Å². The van der Waals surface area contributed by atoms with Crippen molar-refractivity contribution in [2.75, 3.05) is 0 Å². The van der Waals surface area contributed by atoms with E-state index in [0.717, 1.165) is 15.6 Å². The SMILES string of the molecule is CC(C)c1ccc2c(Br)cc(Br)c(O)c2n1. The van der Waals surface area contributed by atoms with Crippen molar-refractivity contribution < 1.29 is 5.11 Å². The van der Waals surface area contributed by atoms with Crippen LogP contribution in [0, 0.1) is 0 Å². The molecule has 1 aromatic heterocycles. The Morgan fingerprint density at radius 3 is 2.50 bits per heavy atom. The summed E-state index contributed by atoms with van der Waals surface area (Å²) in [5.41, 5.74) is 1.61. The summed E-state index contributed by atoms with van der Waals surface area (Å²) < 4.78 is 1.58. The van der Waals surface area contributed by atoms with Crippen LogP contribution in [0.4, 0.5) is 0 Å². The smallest absolute Gasteiger partial charge is 0.156 e. The van der Waals surface area contributed by atoms with E-state index in [-0.39, 0.29) is 5.75 Å². The number of nitrogens with zero attached hydrogens (tertiary/aromatic N) is 1. The van der Waals surface area contributed by atoms with Crippen molar-refractivity contribution in [2.45, 2.75) is 19.8 Å². The third-order valence-electron chi connectivity index (χ3n) is 2.47. The number of benzene rings is 1. The molecule has 0 fully saturated rings. The van der Waals surface area contributed by atoms with Crippen molar-refractivity contribution in [3.05, 3.63) is 32.8 Å². The van der Waals surface area contributed by atoms with Gasteiger partial charge in [0.1, 0.15) is 5.52 Å². The van der Waals surface area contributed by atoms with E-state index in [2.05, 4.69) is 50.7 Å². The molecule has 1 heterocycles. The highest BCUT2D eigenvalue weighted by molar-refractivity contribution is 9.11. The van der Waals surface area contributed by atoms with E-state index in [1.807, 2.05) is 18.2 Å². The summed E-state index contributed by atoms with van der Waals surface area (Å²) >= 11 is 6.77. The molecule has 84 valence electrons. The van der Waals surface area contributed by atoms with Gasteiger partial charge in [-0.2, -0.15) is 0 Å². The van der Waals surface area contributed by atoms with Gasteiger partial charge in [0.2, 0.25) is 0 Å². The highest BCUT2D eigenvalue weighted by Crippen LogP contribution is 2.37. The summed E-state index contributed by atoms with van der Waals surface area (Å²) in [6, 6.07) is 5.80. The van der Waals surface area contributed by atoms with E-state index < -0.39 is 0 Å². The monoisotopic (exact) mass is 343 g/mol. The van der Waals surface area contributed by atoms with Gasteiger partial charge < -0.3 is 5.11 Å². The number of hydrogen-bond acceptors (Lipinski definition) is 2. The van der Waals surface area contributed by atoms with Gasteiger partial charge >= 0.3 is 0 Å². The Morgan fingerprint density at radius 1 is 1.19 bits per heavy atom. The largest absolute Gasteiger partial charge is 0.505 e. The van der Waals surface area contributed by atoms with Crippen LogP contribution in [0.1, 0.15) is 25.5 Å². The minimum Gasteiger partial charge on any atom is -0.505 e. The Morgan fingerprint density at radius 2 is 1.88 bits per heavy atom. The number of phenolic OH excluding ortho intramolecular Hbond substituents is 1. The zero-order valence-corrected chi connectivity index (χ0v) is 12.1. The molecule has 1 aromatic carbocycles. The summed E-state index contributed by atoms with van der Waals surface area (Å²) in [6.07, 6.45) is 0. The lowest BCUT2D eigenvalue weighted by atomic mass is 10.1. The Hall–Kier alpha value is -0.610. The van der Waals surface area contributed by atoms with Crippen LogP contribution in [0.15, 0.2) is 27.1 Å². The number of halogens is 2. The predicted molar refractivity (Wildman–Crippen MR) is 72.9 cm³/mol. The first-order valence-electron chi connectivity index (χ1n) is 4.98. The second-order valence-electron chi connectivity index (χ2n) is 3.98. The molecule has 2 rings (SSSR count). The fourth-order valence-electron chi connectivity index (χ4n) is 1.54. The average molecular weight is 345 g/mol. The average Bonchev–Trinajstić information content (AvgIpc) is 2.25. The van der Waals surface area contributed by atoms with E-state index >= 15 is 0 Å². The molecule has 0 unspecified atom stereocenters. The standard InChI is InChI=1S/C12H11Br2NO/c1-6(2)10-4-3-7-8(13)5-9(14)12(16)11(7)15-10/h3-6,16H,1-2H3. The maximum Gasteiger partial charge on any atom is 0.156 e. The molecule has 2 aromatic rings. The Balaban J connectivity index is 2.81. The van der Waals surface area contributed by atoms with Crippen molar-refractivity contribution in [3.63, 3.8) is 0 Å². The highest BCUT2D eigenvalue weighted by Gasteiger charge is 2.11. The van der Waals surface area contributed by atoms with Gasteiger partial charge in [0.05, 0.1) is 4.47 Å². The van der Waals surface area contributed by atoms with Gasteiger partial charge in [0, 0.05) is 15.6 Å². The maximum absolute atomic E-state index is 9.96. The van der Waals surface area contributed by atoms with Crippen molar-refractivity contribution in [2.24, 2.45) is 0 Å². The fraction of sp³-hybridized carbons (Fsp3) is 0.250. The number of rotatable bonds is 1. The second-order valence-corrected chi connectivity index (χ2v) is 5.68. The van der Waals surface area contributed by atoms with E-state index in [1.54, 1.807) is 0 Å². The molecule has 0 aliphatic heterocycles. The quantitative estimate of drug-likeness (QED) is 0.820. The van der Waals surface area contributed by atoms with Crippen LogP contribution in [0.25, 0.3) is 10.9 Å². The minimum atomic E-state index is 0.195. The summed E-state index contributed by atoms with van der Waals surface area (Å²) in [7, 11) is 0. The van der Waals surface area contributed by atoms with Crippen molar-refractivity contribution in [1.82, 2.24) is 4.98 Å². The molecular formula is C12H11Br2NO. The third kappa shape index (κ3) is 1.96. The van der Waals surface area contributed by atoms with Gasteiger partial charge in [0.15, 0.2) is 5.75 Å². The molecule has 16 heavy (non-hydrogen) atoms. The molecule has 0 spiro atoms. The fourth-order valence-corrected chi connectivity index (χ4v) is 2.81. The molecule has 0 atom stereocenters. The topological polar surface area (TPSA) is 33.1 Å². The number of aromatic hydroxyl groups is 1. The molecular weight excluding hydrogens is 334 g/mol. The van der Waals surface area contributed by atoms with Gasteiger partial charge in [-0.1, -0.05) is 29.8 Å². The molecule has 0 aliphatic rings. The number of pyridine rings is 1. The molecule has 1 N–H and O–H groups in total. The first-order chi connectivity index (χ1) is 7.50. The van der Waals surface area contributed by atoms with E-state index in [1.165, 1.54) is 0 Å². The molecule has 0 aliphatic carbocycles. The summed E-state index contributed by atoms with van der Waals surface area (Å²) in [5.74, 6) is 0.544. The van der Waals surface area contributed by atoms with Crippen molar-refractivity contribution in [3.8, 4) is 5.75 Å². The van der Waals surface area contributed by atoms with E-state index in [0.29, 0.717) is 15.9 Å². The highest BCUT2D eigenvalue weighted by atomic mass is 79.9. The van der Waals surface area contributed by atoms with Gasteiger partial charge in [0.25, 0.3) is 0 Å². The first kappa shape index (κ1) is 11.9. The van der Waals surface area contributed by atoms with Gasteiger partial charge in [-0.25, -0.2) is 4.98 Å². The van der Waals surface area contributed by atoms with Gasteiger partial charge in [-0.05, 0) is 40.0 Å². The Kier molecular flexibility index (Phi) is 3.22. The first-order valence-corrected chi connectivity index (χ1v) is 6.57. The summed E-state index contributed by atoms with van der Waals surface area (Å²) in [5, 5.41) is 10.9. The zero-order chi connectivity index (χ0) is 11.9. The van der Waals surface area contributed by atoms with E-state index in [9.17, 15) is 5.11 Å². The van der Waals surface area contributed by atoms with Crippen LogP contribution < -0.4 is 0 Å². The maximum atomic E-state index is 9.96. The molecule has 0 saturated heterocycles.